The van der Waals surface area contributed by atoms with Crippen LogP contribution in [-0.4, -0.2) is 38.5 Å². The number of thioether (sulfide) groups is 1. The Bertz CT molecular complexity index is 646. The van der Waals surface area contributed by atoms with Crippen molar-refractivity contribution >= 4 is 23.4 Å². The molecule has 1 aromatic heterocycles. The van der Waals surface area contributed by atoms with Crippen LogP contribution in [0.4, 0.5) is 0 Å². The van der Waals surface area contributed by atoms with Crippen molar-refractivity contribution < 1.29 is 5.11 Å². The van der Waals surface area contributed by atoms with Gasteiger partial charge < -0.3 is 10.1 Å². The van der Waals surface area contributed by atoms with Crippen LogP contribution in [0.25, 0.3) is 0 Å². The van der Waals surface area contributed by atoms with Crippen LogP contribution in [0.1, 0.15) is 29.4 Å². The highest BCUT2D eigenvalue weighted by Gasteiger charge is 2.29. The van der Waals surface area contributed by atoms with Crippen molar-refractivity contribution in [2.75, 3.05) is 18.6 Å². The van der Waals surface area contributed by atoms with Crippen molar-refractivity contribution in [3.63, 3.8) is 0 Å². The third-order valence-electron chi connectivity index (χ3n) is 4.17. The molecule has 22 heavy (non-hydrogen) atoms. The molecule has 0 saturated heterocycles. The normalized spacial score (nSPS) is 18.4. The first-order valence-electron chi connectivity index (χ1n) is 7.41. The lowest BCUT2D eigenvalue weighted by molar-refractivity contribution is 0.166. The number of hydrogen-bond acceptors (Lipinski definition) is 4. The lowest BCUT2D eigenvalue weighted by Crippen LogP contribution is -2.35. The van der Waals surface area contributed by atoms with E-state index in [4.69, 9.17) is 11.6 Å². The molecular weight excluding hydrogens is 318 g/mol. The molecule has 1 aliphatic rings. The second-order valence-corrected chi connectivity index (χ2v) is 6.98. The lowest BCUT2D eigenvalue weighted by Gasteiger charge is -2.35. The molecule has 0 spiro atoms. The molecule has 118 valence electrons. The molecule has 1 aliphatic heterocycles. The number of aromatic nitrogens is 2. The highest BCUT2D eigenvalue weighted by atomic mass is 35.5. The predicted octanol–water partition coefficient (Wildman–Crippen LogP) is 3.62. The maximum Gasteiger partial charge on any atom is 0.120 e. The molecule has 2 heterocycles. The zero-order chi connectivity index (χ0) is 15.5. The summed E-state index contributed by atoms with van der Waals surface area (Å²) in [6.45, 7) is 1.65. The standard InChI is InChI=1S/C16H20ClN3OS/c1-22-7-5-14-16-13(18-10-19-16)4-6-20(14)9-11-8-12(17)2-3-15(11)21/h2-3,8,10,14,21H,4-7,9H2,1H3,(H,18,19)/t14-/m0/s1. The van der Waals surface area contributed by atoms with E-state index >= 15 is 0 Å². The summed E-state index contributed by atoms with van der Waals surface area (Å²) in [5.41, 5.74) is 3.28. The predicted molar refractivity (Wildman–Crippen MR) is 91.6 cm³/mol. The van der Waals surface area contributed by atoms with Crippen LogP contribution >= 0.6 is 23.4 Å². The number of imidazole rings is 1. The molecule has 0 unspecified atom stereocenters. The number of rotatable bonds is 5. The van der Waals surface area contributed by atoms with Gasteiger partial charge in [-0.25, -0.2) is 4.98 Å². The number of nitrogens with zero attached hydrogens (tertiary/aromatic N) is 2. The smallest absolute Gasteiger partial charge is 0.120 e. The number of hydrogen-bond donors (Lipinski definition) is 2. The molecule has 2 aromatic rings. The number of benzene rings is 1. The Morgan fingerprint density at radius 2 is 2.36 bits per heavy atom. The van der Waals surface area contributed by atoms with Crippen LogP contribution in [0.5, 0.6) is 5.75 Å². The molecule has 4 nitrogen and oxygen atoms in total. The molecule has 3 rings (SSSR count). The Kier molecular flexibility index (Phi) is 4.96. The zero-order valence-corrected chi connectivity index (χ0v) is 14.1. The lowest BCUT2D eigenvalue weighted by atomic mass is 9.99. The molecular formula is C16H20ClN3OS. The van der Waals surface area contributed by atoms with Gasteiger partial charge in [0, 0.05) is 35.8 Å². The minimum absolute atomic E-state index is 0.292. The molecule has 0 radical (unpaired) electrons. The number of fused-ring (bicyclic) bond motifs is 1. The summed E-state index contributed by atoms with van der Waals surface area (Å²) < 4.78 is 0. The number of phenols is 1. The van der Waals surface area contributed by atoms with Gasteiger partial charge in [-0.2, -0.15) is 11.8 Å². The van der Waals surface area contributed by atoms with Gasteiger partial charge >= 0.3 is 0 Å². The average molecular weight is 338 g/mol. The van der Waals surface area contributed by atoms with Gasteiger partial charge in [-0.1, -0.05) is 11.6 Å². The number of nitrogens with one attached hydrogen (secondary N) is 1. The van der Waals surface area contributed by atoms with Crippen LogP contribution < -0.4 is 0 Å². The Morgan fingerprint density at radius 3 is 3.18 bits per heavy atom. The Balaban J connectivity index is 1.84. The summed E-state index contributed by atoms with van der Waals surface area (Å²) >= 11 is 7.92. The summed E-state index contributed by atoms with van der Waals surface area (Å²) in [6, 6.07) is 5.52. The van der Waals surface area contributed by atoms with E-state index in [0.717, 1.165) is 36.4 Å². The molecule has 0 amide bonds. The topological polar surface area (TPSA) is 52.2 Å². The first kappa shape index (κ1) is 15.7. The first-order valence-corrected chi connectivity index (χ1v) is 9.18. The summed E-state index contributed by atoms with van der Waals surface area (Å²) in [7, 11) is 0. The minimum Gasteiger partial charge on any atom is -0.508 e. The molecule has 0 aliphatic carbocycles. The molecule has 0 bridgehead atoms. The van der Waals surface area contributed by atoms with Gasteiger partial charge in [0.2, 0.25) is 0 Å². The van der Waals surface area contributed by atoms with Gasteiger partial charge in [-0.05, 0) is 36.6 Å². The fraction of sp³-hybridized carbons (Fsp3) is 0.438. The van der Waals surface area contributed by atoms with Crippen LogP contribution in [0, 0.1) is 0 Å². The summed E-state index contributed by atoms with van der Waals surface area (Å²) in [5.74, 6) is 1.40. The number of aromatic amines is 1. The Hall–Kier alpha value is -1.17. The number of aromatic hydroxyl groups is 1. The van der Waals surface area contributed by atoms with Gasteiger partial charge in [0.05, 0.1) is 18.1 Å². The summed E-state index contributed by atoms with van der Waals surface area (Å²) in [4.78, 5) is 10.2. The van der Waals surface area contributed by atoms with Crippen LogP contribution in [0.3, 0.4) is 0 Å². The van der Waals surface area contributed by atoms with E-state index < -0.39 is 0 Å². The third kappa shape index (κ3) is 3.26. The zero-order valence-electron chi connectivity index (χ0n) is 12.6. The van der Waals surface area contributed by atoms with Crippen molar-refractivity contribution in [1.82, 2.24) is 14.9 Å². The highest BCUT2D eigenvalue weighted by molar-refractivity contribution is 7.98. The fourth-order valence-electron chi connectivity index (χ4n) is 3.04. The quantitative estimate of drug-likeness (QED) is 0.875. The average Bonchev–Trinajstić information content (AvgIpc) is 2.98. The molecule has 0 fully saturated rings. The van der Waals surface area contributed by atoms with E-state index in [2.05, 4.69) is 21.1 Å². The highest BCUT2D eigenvalue weighted by Crippen LogP contribution is 2.34. The van der Waals surface area contributed by atoms with Crippen molar-refractivity contribution in [2.45, 2.75) is 25.4 Å². The minimum atomic E-state index is 0.292. The maximum atomic E-state index is 10.1. The SMILES string of the molecule is CSCC[C@H]1c2nc[nH]c2CCN1Cc1cc(Cl)ccc1O. The molecule has 0 saturated carbocycles. The Morgan fingerprint density at radius 1 is 1.50 bits per heavy atom. The van der Waals surface area contributed by atoms with E-state index in [0.29, 0.717) is 23.4 Å². The number of H-pyrrole nitrogens is 1. The fourth-order valence-corrected chi connectivity index (χ4v) is 3.69. The van der Waals surface area contributed by atoms with Crippen LogP contribution in [0.2, 0.25) is 5.02 Å². The molecule has 1 atom stereocenters. The van der Waals surface area contributed by atoms with Crippen LogP contribution in [-0.2, 0) is 13.0 Å². The Labute approximate surface area is 139 Å². The maximum absolute atomic E-state index is 10.1. The van der Waals surface area contributed by atoms with E-state index in [1.807, 2.05) is 17.8 Å². The van der Waals surface area contributed by atoms with Crippen molar-refractivity contribution in [1.29, 1.82) is 0 Å². The third-order valence-corrected chi connectivity index (χ3v) is 5.05. The summed E-state index contributed by atoms with van der Waals surface area (Å²) in [5, 5.41) is 10.7. The van der Waals surface area contributed by atoms with E-state index in [-0.39, 0.29) is 0 Å². The van der Waals surface area contributed by atoms with Crippen LogP contribution in [0.15, 0.2) is 24.5 Å². The van der Waals surface area contributed by atoms with Crippen molar-refractivity contribution in [3.8, 4) is 5.75 Å². The molecule has 1 aromatic carbocycles. The largest absolute Gasteiger partial charge is 0.508 e. The van der Waals surface area contributed by atoms with Crippen molar-refractivity contribution in [2.24, 2.45) is 0 Å². The second-order valence-electron chi connectivity index (χ2n) is 5.56. The first-order chi connectivity index (χ1) is 10.7. The van der Waals surface area contributed by atoms with Gasteiger partial charge in [0.15, 0.2) is 0 Å². The van der Waals surface area contributed by atoms with Crippen molar-refractivity contribution in [3.05, 3.63) is 46.5 Å². The van der Waals surface area contributed by atoms with Gasteiger partial charge in [0.1, 0.15) is 5.75 Å². The molecule has 2 N–H and O–H groups in total. The second kappa shape index (κ2) is 6.94. The van der Waals surface area contributed by atoms with Gasteiger partial charge in [-0.15, -0.1) is 0 Å². The summed E-state index contributed by atoms with van der Waals surface area (Å²) in [6.07, 6.45) is 5.94. The van der Waals surface area contributed by atoms with E-state index in [1.54, 1.807) is 18.5 Å². The molecule has 6 heteroatoms. The van der Waals surface area contributed by atoms with Gasteiger partial charge in [0.25, 0.3) is 0 Å². The number of phenolic OH excluding ortho intramolecular Hbond substituents is 1. The van der Waals surface area contributed by atoms with E-state index in [9.17, 15) is 5.11 Å². The monoisotopic (exact) mass is 337 g/mol. The van der Waals surface area contributed by atoms with E-state index in [1.165, 1.54) is 5.69 Å². The van der Waals surface area contributed by atoms with Gasteiger partial charge in [-0.3, -0.25) is 4.90 Å². The number of halogens is 1.